The normalized spacial score (nSPS) is 12.2. The Bertz CT molecular complexity index is 562. The molecular weight excluding hydrogens is 240 g/mol. The van der Waals surface area contributed by atoms with Gasteiger partial charge >= 0.3 is 0 Å². The van der Waals surface area contributed by atoms with E-state index in [0.29, 0.717) is 12.2 Å². The maximum Gasteiger partial charge on any atom is 0.227 e. The van der Waals surface area contributed by atoms with E-state index >= 15 is 0 Å². The van der Waals surface area contributed by atoms with E-state index in [1.165, 1.54) is 0 Å². The summed E-state index contributed by atoms with van der Waals surface area (Å²) in [5, 5.41) is 7.17. The fourth-order valence-electron chi connectivity index (χ4n) is 2.08. The van der Waals surface area contributed by atoms with E-state index in [1.54, 1.807) is 12.3 Å². The fraction of sp³-hybridized carbons (Fsp3) is 0.357. The first-order valence-electron chi connectivity index (χ1n) is 6.30. The highest BCUT2D eigenvalue weighted by atomic mass is 16.1. The van der Waals surface area contributed by atoms with Crippen molar-refractivity contribution in [2.75, 3.05) is 5.32 Å². The predicted molar refractivity (Wildman–Crippen MR) is 73.9 cm³/mol. The summed E-state index contributed by atoms with van der Waals surface area (Å²) < 4.78 is 1.88. The molecule has 2 heterocycles. The Morgan fingerprint density at radius 1 is 1.42 bits per heavy atom. The number of aromatic nitrogens is 3. The number of anilines is 1. The molecule has 5 heteroatoms. The average molecular weight is 258 g/mol. The Morgan fingerprint density at radius 2 is 2.21 bits per heavy atom. The Morgan fingerprint density at radius 3 is 2.79 bits per heavy atom. The topological polar surface area (TPSA) is 59.8 Å². The summed E-state index contributed by atoms with van der Waals surface area (Å²) in [5.74, 6) is 0.520. The van der Waals surface area contributed by atoms with Crippen LogP contribution in [0.3, 0.4) is 0 Å². The molecule has 5 nitrogen and oxygen atoms in total. The van der Waals surface area contributed by atoms with Crippen molar-refractivity contribution in [2.45, 2.75) is 33.2 Å². The molecule has 1 unspecified atom stereocenters. The summed E-state index contributed by atoms with van der Waals surface area (Å²) in [7, 11) is 0. The molecule has 0 aliphatic carbocycles. The third-order valence-electron chi connectivity index (χ3n) is 2.88. The van der Waals surface area contributed by atoms with Crippen LogP contribution < -0.4 is 5.32 Å². The first-order valence-corrected chi connectivity index (χ1v) is 6.30. The molecule has 0 saturated heterocycles. The molecule has 2 aromatic heterocycles. The first-order chi connectivity index (χ1) is 9.06. The summed E-state index contributed by atoms with van der Waals surface area (Å²) >= 11 is 0. The van der Waals surface area contributed by atoms with Gasteiger partial charge in [-0.1, -0.05) is 6.07 Å². The van der Waals surface area contributed by atoms with Gasteiger partial charge in [-0.05, 0) is 39.0 Å². The number of aryl methyl sites for hydroxylation is 2. The van der Waals surface area contributed by atoms with Gasteiger partial charge in [0.1, 0.15) is 5.82 Å². The zero-order chi connectivity index (χ0) is 13.8. The van der Waals surface area contributed by atoms with Gasteiger partial charge in [-0.15, -0.1) is 0 Å². The Balaban J connectivity index is 1.97. The minimum atomic E-state index is -0.0567. The van der Waals surface area contributed by atoms with E-state index in [0.717, 1.165) is 11.4 Å². The molecule has 0 saturated carbocycles. The third kappa shape index (κ3) is 3.40. The zero-order valence-corrected chi connectivity index (χ0v) is 11.4. The fourth-order valence-corrected chi connectivity index (χ4v) is 2.08. The van der Waals surface area contributed by atoms with Crippen molar-refractivity contribution >= 4 is 11.7 Å². The monoisotopic (exact) mass is 258 g/mol. The highest BCUT2D eigenvalue weighted by Crippen LogP contribution is 2.15. The van der Waals surface area contributed by atoms with Crippen LogP contribution >= 0.6 is 0 Å². The average Bonchev–Trinajstić information content (AvgIpc) is 2.69. The lowest BCUT2D eigenvalue weighted by atomic mass is 10.2. The molecule has 1 N–H and O–H groups in total. The molecule has 19 heavy (non-hydrogen) atoms. The van der Waals surface area contributed by atoms with Crippen molar-refractivity contribution in [2.24, 2.45) is 0 Å². The number of amides is 1. The van der Waals surface area contributed by atoms with Crippen molar-refractivity contribution in [3.8, 4) is 0 Å². The van der Waals surface area contributed by atoms with Crippen LogP contribution in [0.1, 0.15) is 30.8 Å². The van der Waals surface area contributed by atoms with Crippen molar-refractivity contribution in [1.29, 1.82) is 0 Å². The molecule has 0 aromatic carbocycles. The van der Waals surface area contributed by atoms with E-state index < -0.39 is 0 Å². The Hall–Kier alpha value is -2.17. The Labute approximate surface area is 112 Å². The van der Waals surface area contributed by atoms with E-state index in [2.05, 4.69) is 15.4 Å². The van der Waals surface area contributed by atoms with E-state index in [-0.39, 0.29) is 11.9 Å². The third-order valence-corrected chi connectivity index (χ3v) is 2.88. The van der Waals surface area contributed by atoms with Gasteiger partial charge in [0.25, 0.3) is 0 Å². The molecular formula is C14H18N4O. The summed E-state index contributed by atoms with van der Waals surface area (Å²) in [4.78, 5) is 16.0. The zero-order valence-electron chi connectivity index (χ0n) is 11.4. The van der Waals surface area contributed by atoms with Crippen LogP contribution in [0, 0.1) is 13.8 Å². The molecule has 0 aliphatic heterocycles. The van der Waals surface area contributed by atoms with Crippen molar-refractivity contribution in [1.82, 2.24) is 14.8 Å². The lowest BCUT2D eigenvalue weighted by molar-refractivity contribution is -0.116. The molecule has 2 rings (SSSR count). The van der Waals surface area contributed by atoms with Crippen LogP contribution in [-0.4, -0.2) is 20.7 Å². The highest BCUT2D eigenvalue weighted by molar-refractivity contribution is 5.89. The van der Waals surface area contributed by atoms with Crippen LogP contribution in [0.4, 0.5) is 5.82 Å². The van der Waals surface area contributed by atoms with E-state index in [9.17, 15) is 4.79 Å². The van der Waals surface area contributed by atoms with Gasteiger partial charge in [-0.2, -0.15) is 5.10 Å². The SMILES string of the molecule is Cc1cc(C)n(C(C)CC(=O)Nc2ccccn2)n1. The number of nitrogens with zero attached hydrogens (tertiary/aromatic N) is 3. The number of hydrogen-bond donors (Lipinski definition) is 1. The molecule has 0 spiro atoms. The summed E-state index contributed by atoms with van der Waals surface area (Å²) in [6, 6.07) is 7.46. The molecule has 0 bridgehead atoms. The van der Waals surface area contributed by atoms with Crippen LogP contribution in [-0.2, 0) is 4.79 Å². The number of carbonyl (C=O) groups is 1. The Kier molecular flexibility index (Phi) is 3.94. The molecule has 0 radical (unpaired) electrons. The minimum absolute atomic E-state index is 0.0254. The van der Waals surface area contributed by atoms with Crippen LogP contribution in [0.2, 0.25) is 0 Å². The van der Waals surface area contributed by atoms with Gasteiger partial charge in [0.05, 0.1) is 11.7 Å². The van der Waals surface area contributed by atoms with Crippen molar-refractivity contribution in [3.05, 3.63) is 41.9 Å². The second-order valence-corrected chi connectivity index (χ2v) is 4.69. The van der Waals surface area contributed by atoms with Crippen molar-refractivity contribution < 1.29 is 4.79 Å². The first kappa shape index (κ1) is 13.3. The maximum atomic E-state index is 11.9. The lowest BCUT2D eigenvalue weighted by Crippen LogP contribution is -2.19. The molecule has 0 aliphatic rings. The number of nitrogens with one attached hydrogen (secondary N) is 1. The minimum Gasteiger partial charge on any atom is -0.311 e. The number of carbonyl (C=O) groups excluding carboxylic acids is 1. The quantitative estimate of drug-likeness (QED) is 0.916. The summed E-state index contributed by atoms with van der Waals surface area (Å²) in [5.41, 5.74) is 2.03. The molecule has 0 fully saturated rings. The van der Waals surface area contributed by atoms with E-state index in [4.69, 9.17) is 0 Å². The largest absolute Gasteiger partial charge is 0.311 e. The van der Waals surface area contributed by atoms with Gasteiger partial charge in [0.15, 0.2) is 0 Å². The summed E-state index contributed by atoms with van der Waals surface area (Å²) in [6.07, 6.45) is 2.03. The van der Waals surface area contributed by atoms with E-state index in [1.807, 2.05) is 43.7 Å². The summed E-state index contributed by atoms with van der Waals surface area (Å²) in [6.45, 7) is 5.93. The highest BCUT2D eigenvalue weighted by Gasteiger charge is 2.14. The number of rotatable bonds is 4. The van der Waals surface area contributed by atoms with Crippen LogP contribution in [0.5, 0.6) is 0 Å². The number of pyridine rings is 1. The molecule has 1 atom stereocenters. The van der Waals surface area contributed by atoms with Gasteiger partial charge < -0.3 is 5.32 Å². The molecule has 1 amide bonds. The van der Waals surface area contributed by atoms with Crippen LogP contribution in [0.25, 0.3) is 0 Å². The maximum absolute atomic E-state index is 11.9. The second-order valence-electron chi connectivity index (χ2n) is 4.69. The van der Waals surface area contributed by atoms with Gasteiger partial charge in [0.2, 0.25) is 5.91 Å². The van der Waals surface area contributed by atoms with Gasteiger partial charge in [-0.25, -0.2) is 4.98 Å². The predicted octanol–water partition coefficient (Wildman–Crippen LogP) is 2.48. The van der Waals surface area contributed by atoms with Gasteiger partial charge in [0, 0.05) is 18.3 Å². The van der Waals surface area contributed by atoms with Gasteiger partial charge in [-0.3, -0.25) is 9.48 Å². The lowest BCUT2D eigenvalue weighted by Gasteiger charge is -2.13. The molecule has 2 aromatic rings. The second kappa shape index (κ2) is 5.65. The smallest absolute Gasteiger partial charge is 0.227 e. The standard InChI is InChI=1S/C14H18N4O/c1-10-8-11(2)18(17-10)12(3)9-14(19)16-13-6-4-5-7-15-13/h4-8,12H,9H2,1-3H3,(H,15,16,19). The molecule has 100 valence electrons. The van der Waals surface area contributed by atoms with Crippen LogP contribution in [0.15, 0.2) is 30.5 Å². The van der Waals surface area contributed by atoms with Crippen molar-refractivity contribution in [3.63, 3.8) is 0 Å². The number of hydrogen-bond acceptors (Lipinski definition) is 3.